The Morgan fingerprint density at radius 1 is 0.783 bits per heavy atom. The predicted octanol–water partition coefficient (Wildman–Crippen LogP) is 6.71. The molecular weight excluding hydrogens is 370 g/mol. The second-order valence-corrected chi connectivity index (χ2v) is 6.67. The highest BCUT2D eigenvalue weighted by Crippen LogP contribution is 2.35. The standard InChI is InChI=1S/C20H13BrClN/c21-18-7-3-2-6-17(18)20-13-14-5-1-4-8-19(14)23(20)16-11-9-15(22)10-12-16/h1-13H. The number of hydrogen-bond donors (Lipinski definition) is 0. The maximum atomic E-state index is 6.06. The van der Waals surface area contributed by atoms with Crippen molar-refractivity contribution in [1.29, 1.82) is 0 Å². The molecule has 0 aliphatic carbocycles. The first-order valence-corrected chi connectivity index (χ1v) is 8.52. The molecule has 0 atom stereocenters. The predicted molar refractivity (Wildman–Crippen MR) is 101 cm³/mol. The summed E-state index contributed by atoms with van der Waals surface area (Å²) < 4.78 is 3.35. The number of hydrogen-bond acceptors (Lipinski definition) is 0. The van der Waals surface area contributed by atoms with Crippen LogP contribution in [-0.4, -0.2) is 4.57 Å². The van der Waals surface area contributed by atoms with Crippen molar-refractivity contribution >= 4 is 38.4 Å². The summed E-state index contributed by atoms with van der Waals surface area (Å²) in [6.45, 7) is 0. The largest absolute Gasteiger partial charge is 0.309 e. The van der Waals surface area contributed by atoms with Gasteiger partial charge in [-0.1, -0.05) is 63.9 Å². The fraction of sp³-hybridized carbons (Fsp3) is 0. The SMILES string of the molecule is Clc1ccc(-n2c(-c3ccccc3Br)cc3ccccc32)cc1. The summed E-state index contributed by atoms with van der Waals surface area (Å²) in [5, 5.41) is 1.96. The molecule has 0 amide bonds. The summed E-state index contributed by atoms with van der Waals surface area (Å²) in [5.41, 5.74) is 4.60. The zero-order valence-electron chi connectivity index (χ0n) is 12.2. The van der Waals surface area contributed by atoms with Crippen LogP contribution in [-0.2, 0) is 0 Å². The summed E-state index contributed by atoms with van der Waals surface area (Å²) in [5.74, 6) is 0. The molecule has 0 saturated heterocycles. The van der Waals surface area contributed by atoms with Gasteiger partial charge in [0.15, 0.2) is 0 Å². The van der Waals surface area contributed by atoms with E-state index in [4.69, 9.17) is 11.6 Å². The summed E-state index contributed by atoms with van der Waals surface area (Å²) in [6, 6.07) is 26.9. The van der Waals surface area contributed by atoms with Crippen LogP contribution in [0.15, 0.2) is 83.3 Å². The van der Waals surface area contributed by atoms with Crippen LogP contribution in [0.4, 0.5) is 0 Å². The molecule has 0 radical (unpaired) electrons. The number of nitrogens with zero attached hydrogens (tertiary/aromatic N) is 1. The summed E-state index contributed by atoms with van der Waals surface area (Å²) in [7, 11) is 0. The van der Waals surface area contributed by atoms with E-state index in [0.29, 0.717) is 0 Å². The molecule has 1 heterocycles. The normalized spacial score (nSPS) is 11.0. The van der Waals surface area contributed by atoms with E-state index in [2.05, 4.69) is 81.2 Å². The number of benzene rings is 3. The summed E-state index contributed by atoms with van der Waals surface area (Å²) >= 11 is 9.73. The van der Waals surface area contributed by atoms with Gasteiger partial charge < -0.3 is 4.57 Å². The van der Waals surface area contributed by atoms with Crippen molar-refractivity contribution in [2.75, 3.05) is 0 Å². The van der Waals surface area contributed by atoms with Crippen molar-refractivity contribution in [3.05, 3.63) is 88.4 Å². The molecule has 3 heteroatoms. The van der Waals surface area contributed by atoms with Crippen LogP contribution in [0.25, 0.3) is 27.8 Å². The van der Waals surface area contributed by atoms with Gasteiger partial charge in [0.25, 0.3) is 0 Å². The molecule has 4 aromatic rings. The highest BCUT2D eigenvalue weighted by atomic mass is 79.9. The van der Waals surface area contributed by atoms with Gasteiger partial charge in [0, 0.05) is 26.1 Å². The quantitative estimate of drug-likeness (QED) is 0.363. The zero-order chi connectivity index (χ0) is 15.8. The van der Waals surface area contributed by atoms with Crippen LogP contribution in [0, 0.1) is 0 Å². The van der Waals surface area contributed by atoms with Crippen molar-refractivity contribution in [1.82, 2.24) is 4.57 Å². The Balaban J connectivity index is 2.06. The van der Waals surface area contributed by atoms with E-state index in [1.165, 1.54) is 16.5 Å². The van der Waals surface area contributed by atoms with Crippen molar-refractivity contribution in [3.63, 3.8) is 0 Å². The van der Waals surface area contributed by atoms with E-state index < -0.39 is 0 Å². The van der Waals surface area contributed by atoms with E-state index in [9.17, 15) is 0 Å². The third kappa shape index (κ3) is 2.58. The monoisotopic (exact) mass is 381 g/mol. The Labute approximate surface area is 148 Å². The molecule has 1 aromatic heterocycles. The molecule has 0 fully saturated rings. The second kappa shape index (κ2) is 5.88. The number of halogens is 2. The molecule has 112 valence electrons. The van der Waals surface area contributed by atoms with Crippen LogP contribution < -0.4 is 0 Å². The van der Waals surface area contributed by atoms with Gasteiger partial charge in [-0.25, -0.2) is 0 Å². The third-order valence-corrected chi connectivity index (χ3v) is 4.89. The Morgan fingerprint density at radius 2 is 1.48 bits per heavy atom. The lowest BCUT2D eigenvalue weighted by Crippen LogP contribution is -1.96. The van der Waals surface area contributed by atoms with Gasteiger partial charge in [0.2, 0.25) is 0 Å². The number of aromatic nitrogens is 1. The molecule has 0 N–H and O–H groups in total. The minimum Gasteiger partial charge on any atom is -0.309 e. The molecule has 3 aromatic carbocycles. The van der Waals surface area contributed by atoms with Crippen LogP contribution in [0.2, 0.25) is 5.02 Å². The zero-order valence-corrected chi connectivity index (χ0v) is 14.6. The maximum absolute atomic E-state index is 6.06. The first-order chi connectivity index (χ1) is 11.2. The van der Waals surface area contributed by atoms with Crippen molar-refractivity contribution in [2.24, 2.45) is 0 Å². The van der Waals surface area contributed by atoms with Crippen LogP contribution in [0.5, 0.6) is 0 Å². The molecule has 0 saturated carbocycles. The van der Waals surface area contributed by atoms with Crippen molar-refractivity contribution in [3.8, 4) is 16.9 Å². The van der Waals surface area contributed by atoms with Gasteiger partial charge in [0.1, 0.15) is 0 Å². The minimum atomic E-state index is 0.743. The molecular formula is C20H13BrClN. The molecule has 0 aliphatic heterocycles. The van der Waals surface area contributed by atoms with E-state index in [0.717, 1.165) is 20.9 Å². The number of fused-ring (bicyclic) bond motifs is 1. The van der Waals surface area contributed by atoms with E-state index in [-0.39, 0.29) is 0 Å². The molecule has 0 unspecified atom stereocenters. The summed E-state index contributed by atoms with van der Waals surface area (Å²) in [6.07, 6.45) is 0. The van der Waals surface area contributed by atoms with Crippen LogP contribution in [0.1, 0.15) is 0 Å². The highest BCUT2D eigenvalue weighted by Gasteiger charge is 2.13. The number of rotatable bonds is 2. The van der Waals surface area contributed by atoms with Gasteiger partial charge in [-0.2, -0.15) is 0 Å². The van der Waals surface area contributed by atoms with Gasteiger partial charge in [-0.3, -0.25) is 0 Å². The van der Waals surface area contributed by atoms with Gasteiger partial charge in [0.05, 0.1) is 11.2 Å². The first-order valence-electron chi connectivity index (χ1n) is 7.35. The van der Waals surface area contributed by atoms with Crippen LogP contribution >= 0.6 is 27.5 Å². The van der Waals surface area contributed by atoms with Gasteiger partial charge in [-0.15, -0.1) is 0 Å². The Kier molecular flexibility index (Phi) is 3.72. The minimum absolute atomic E-state index is 0.743. The van der Waals surface area contributed by atoms with Gasteiger partial charge >= 0.3 is 0 Å². The molecule has 1 nitrogen and oxygen atoms in total. The van der Waals surface area contributed by atoms with Crippen molar-refractivity contribution in [2.45, 2.75) is 0 Å². The molecule has 0 aliphatic rings. The number of para-hydroxylation sites is 1. The molecule has 23 heavy (non-hydrogen) atoms. The first kappa shape index (κ1) is 14.6. The fourth-order valence-corrected chi connectivity index (χ4v) is 3.50. The topological polar surface area (TPSA) is 4.93 Å². The van der Waals surface area contributed by atoms with E-state index in [1.807, 2.05) is 18.2 Å². The van der Waals surface area contributed by atoms with Crippen LogP contribution in [0.3, 0.4) is 0 Å². The maximum Gasteiger partial charge on any atom is 0.0552 e. The lowest BCUT2D eigenvalue weighted by Gasteiger charge is -2.12. The lowest BCUT2D eigenvalue weighted by atomic mass is 10.1. The average Bonchev–Trinajstić information content (AvgIpc) is 2.95. The third-order valence-electron chi connectivity index (χ3n) is 3.95. The Bertz CT molecular complexity index is 986. The Hall–Kier alpha value is -2.03. The van der Waals surface area contributed by atoms with Gasteiger partial charge in [-0.05, 0) is 42.5 Å². The van der Waals surface area contributed by atoms with E-state index in [1.54, 1.807) is 0 Å². The van der Waals surface area contributed by atoms with E-state index >= 15 is 0 Å². The summed E-state index contributed by atoms with van der Waals surface area (Å²) in [4.78, 5) is 0. The van der Waals surface area contributed by atoms with Crippen molar-refractivity contribution < 1.29 is 0 Å². The molecule has 0 bridgehead atoms. The molecule has 0 spiro atoms. The second-order valence-electron chi connectivity index (χ2n) is 5.38. The average molecular weight is 383 g/mol. The molecule has 4 rings (SSSR count). The fourth-order valence-electron chi connectivity index (χ4n) is 2.89. The Morgan fingerprint density at radius 3 is 2.26 bits per heavy atom. The smallest absolute Gasteiger partial charge is 0.0552 e. The highest BCUT2D eigenvalue weighted by molar-refractivity contribution is 9.10. The lowest BCUT2D eigenvalue weighted by molar-refractivity contribution is 1.13.